The second-order valence-electron chi connectivity index (χ2n) is 5.79. The Morgan fingerprint density at radius 1 is 1.50 bits per heavy atom. The standard InChI is InChI=1S/C13H17N5O4S.Na/c1-5-7(4-23-13-14-15-16-17(13)3)10(12(21)22)18-9(5)8(6(2)19)11(18)20;/h5-6,8-9,19H,4H2,1-3H3,(H,21,22);/q;+1/p-1/t5-,6+,8+,9+;/m0./s1. The number of carbonyl (C=O) groups excluding carboxylic acids is 2. The minimum atomic E-state index is -1.37. The fourth-order valence-electron chi connectivity index (χ4n) is 3.31. The third-order valence-electron chi connectivity index (χ3n) is 4.45. The van der Waals surface area contributed by atoms with E-state index in [9.17, 15) is 19.8 Å². The Morgan fingerprint density at radius 3 is 2.67 bits per heavy atom. The van der Waals surface area contributed by atoms with Gasteiger partial charge in [-0.2, -0.15) is 0 Å². The van der Waals surface area contributed by atoms with Crippen molar-refractivity contribution in [3.05, 3.63) is 11.3 Å². The van der Waals surface area contributed by atoms with Crippen molar-refractivity contribution in [1.82, 2.24) is 25.1 Å². The summed E-state index contributed by atoms with van der Waals surface area (Å²) in [5.41, 5.74) is 0.534. The van der Waals surface area contributed by atoms with Gasteiger partial charge < -0.3 is 19.9 Å². The average Bonchev–Trinajstić information content (AvgIpc) is 2.97. The van der Waals surface area contributed by atoms with Gasteiger partial charge in [0.2, 0.25) is 11.1 Å². The van der Waals surface area contributed by atoms with Crippen molar-refractivity contribution in [2.75, 3.05) is 5.75 Å². The number of aryl methyl sites for hydroxylation is 1. The smallest absolute Gasteiger partial charge is 0.543 e. The van der Waals surface area contributed by atoms with Crippen molar-refractivity contribution in [3.8, 4) is 0 Å². The first-order chi connectivity index (χ1) is 10.8. The predicted octanol–water partition coefficient (Wildman–Crippen LogP) is -4.83. The molecule has 24 heavy (non-hydrogen) atoms. The third kappa shape index (κ3) is 2.90. The molecule has 1 N–H and O–H groups in total. The molecule has 1 aromatic rings. The third-order valence-corrected chi connectivity index (χ3v) is 5.51. The van der Waals surface area contributed by atoms with Crippen LogP contribution in [0.2, 0.25) is 0 Å². The zero-order valence-corrected chi connectivity index (χ0v) is 16.6. The van der Waals surface area contributed by atoms with Crippen molar-refractivity contribution in [3.63, 3.8) is 0 Å². The van der Waals surface area contributed by atoms with E-state index in [2.05, 4.69) is 15.5 Å². The molecular weight excluding hydrogens is 345 g/mol. The van der Waals surface area contributed by atoms with Crippen LogP contribution in [0.3, 0.4) is 0 Å². The minimum Gasteiger partial charge on any atom is -0.543 e. The Hall–Kier alpha value is -0.940. The van der Waals surface area contributed by atoms with Gasteiger partial charge in [0.25, 0.3) is 0 Å². The zero-order valence-electron chi connectivity index (χ0n) is 13.8. The number of fused-ring (bicyclic) bond motifs is 1. The van der Waals surface area contributed by atoms with Gasteiger partial charge in [0.1, 0.15) is 0 Å². The van der Waals surface area contributed by atoms with Crippen LogP contribution in [0.15, 0.2) is 16.4 Å². The maximum Gasteiger partial charge on any atom is 1.00 e. The van der Waals surface area contributed by atoms with Crippen molar-refractivity contribution in [1.29, 1.82) is 0 Å². The maximum atomic E-state index is 12.2. The molecule has 1 amide bonds. The summed E-state index contributed by atoms with van der Waals surface area (Å²) in [6.07, 6.45) is -0.816. The van der Waals surface area contributed by atoms with Crippen LogP contribution >= 0.6 is 11.8 Å². The molecule has 0 spiro atoms. The van der Waals surface area contributed by atoms with Gasteiger partial charge in [0.05, 0.1) is 29.7 Å². The van der Waals surface area contributed by atoms with Crippen LogP contribution in [0.4, 0.5) is 0 Å². The molecule has 0 radical (unpaired) electrons. The van der Waals surface area contributed by atoms with E-state index in [-0.39, 0.29) is 53.1 Å². The summed E-state index contributed by atoms with van der Waals surface area (Å²) < 4.78 is 1.49. The van der Waals surface area contributed by atoms with Gasteiger partial charge in [-0.1, -0.05) is 18.7 Å². The summed E-state index contributed by atoms with van der Waals surface area (Å²) >= 11 is 1.30. The van der Waals surface area contributed by atoms with Crippen molar-refractivity contribution < 1.29 is 49.4 Å². The number of rotatable bonds is 5. The monoisotopic (exact) mass is 361 g/mol. The molecule has 9 nitrogen and oxygen atoms in total. The largest absolute Gasteiger partial charge is 1.00 e. The summed E-state index contributed by atoms with van der Waals surface area (Å²) in [5.74, 6) is -2.14. The number of nitrogens with zero attached hydrogens (tertiary/aromatic N) is 5. The Bertz CT molecular complexity index is 706. The van der Waals surface area contributed by atoms with Gasteiger partial charge in [-0.15, -0.1) is 5.10 Å². The molecule has 0 unspecified atom stereocenters. The van der Waals surface area contributed by atoms with Crippen molar-refractivity contribution >= 4 is 23.6 Å². The molecule has 2 aliphatic heterocycles. The summed E-state index contributed by atoms with van der Waals surface area (Å²) in [4.78, 5) is 24.9. The number of aromatic nitrogens is 4. The van der Waals surface area contributed by atoms with Gasteiger partial charge in [-0.3, -0.25) is 4.79 Å². The van der Waals surface area contributed by atoms with Crippen LogP contribution in [0.5, 0.6) is 0 Å². The minimum absolute atomic E-state index is 0. The Morgan fingerprint density at radius 2 is 2.17 bits per heavy atom. The van der Waals surface area contributed by atoms with Gasteiger partial charge in [-0.05, 0) is 22.9 Å². The first-order valence-electron chi connectivity index (χ1n) is 7.15. The quantitative estimate of drug-likeness (QED) is 0.315. The molecule has 3 heterocycles. The van der Waals surface area contributed by atoms with Crippen LogP contribution in [-0.4, -0.2) is 60.0 Å². The predicted molar refractivity (Wildman–Crippen MR) is 76.5 cm³/mol. The Kier molecular flexibility index (Phi) is 5.75. The Labute approximate surface area is 164 Å². The Balaban J connectivity index is 0.00000208. The number of aliphatic hydroxyl groups is 1. The number of β-lactam (4-membered cyclic amide) rings is 1. The number of aliphatic carboxylic acids is 1. The van der Waals surface area contributed by atoms with E-state index < -0.39 is 18.0 Å². The fourth-order valence-corrected chi connectivity index (χ4v) is 4.31. The summed E-state index contributed by atoms with van der Waals surface area (Å²) in [6, 6.07) is -0.330. The topological polar surface area (TPSA) is 124 Å². The molecule has 0 bridgehead atoms. The average molecular weight is 361 g/mol. The molecule has 1 fully saturated rings. The first-order valence-corrected chi connectivity index (χ1v) is 8.13. The molecule has 0 aromatic carbocycles. The number of carboxylic acid groups (broad SMARTS) is 1. The van der Waals surface area contributed by atoms with Gasteiger partial charge in [0, 0.05) is 18.7 Å². The number of carboxylic acids is 1. The van der Waals surface area contributed by atoms with Crippen LogP contribution in [0.25, 0.3) is 0 Å². The molecule has 1 saturated heterocycles. The second kappa shape index (κ2) is 7.12. The van der Waals surface area contributed by atoms with Gasteiger partial charge >= 0.3 is 29.6 Å². The number of aliphatic hydroxyl groups excluding tert-OH is 1. The second-order valence-corrected chi connectivity index (χ2v) is 6.73. The number of amides is 1. The van der Waals surface area contributed by atoms with Crippen molar-refractivity contribution in [2.45, 2.75) is 31.1 Å². The molecule has 4 atom stereocenters. The van der Waals surface area contributed by atoms with E-state index in [4.69, 9.17) is 0 Å². The molecule has 0 saturated carbocycles. The summed E-state index contributed by atoms with van der Waals surface area (Å²) in [5, 5.41) is 32.9. The number of thioether (sulfide) groups is 1. The zero-order chi connectivity index (χ0) is 16.9. The van der Waals surface area contributed by atoms with E-state index in [0.717, 1.165) is 0 Å². The SMILES string of the molecule is C[C@@H](O)[C@H]1C(=O)N2C(C(=O)[O-])=C(CSc3nnnn3C)[C@H](C)[C@H]12.[Na+]. The first kappa shape index (κ1) is 19.4. The fraction of sp³-hybridized carbons (Fsp3) is 0.615. The molecule has 1 aromatic heterocycles. The summed E-state index contributed by atoms with van der Waals surface area (Å²) in [7, 11) is 1.69. The van der Waals surface area contributed by atoms with E-state index in [1.807, 2.05) is 6.92 Å². The van der Waals surface area contributed by atoms with E-state index in [1.54, 1.807) is 14.0 Å². The summed E-state index contributed by atoms with van der Waals surface area (Å²) in [6.45, 7) is 3.41. The molecule has 124 valence electrons. The van der Waals surface area contributed by atoms with E-state index in [0.29, 0.717) is 16.5 Å². The van der Waals surface area contributed by atoms with Crippen LogP contribution in [0, 0.1) is 11.8 Å². The van der Waals surface area contributed by atoms with Crippen LogP contribution in [0.1, 0.15) is 13.8 Å². The molecule has 2 aliphatic rings. The van der Waals surface area contributed by atoms with Crippen LogP contribution < -0.4 is 34.7 Å². The van der Waals surface area contributed by atoms with Crippen LogP contribution in [-0.2, 0) is 16.6 Å². The van der Waals surface area contributed by atoms with Crippen molar-refractivity contribution in [2.24, 2.45) is 18.9 Å². The molecule has 11 heteroatoms. The van der Waals surface area contributed by atoms with E-state index in [1.165, 1.54) is 21.3 Å². The molecular formula is C13H16N5NaO4S. The number of hydrogen-bond donors (Lipinski definition) is 1. The number of tetrazole rings is 1. The van der Waals surface area contributed by atoms with Gasteiger partial charge in [0.15, 0.2) is 0 Å². The maximum absolute atomic E-state index is 12.2. The molecule has 3 rings (SSSR count). The van der Waals surface area contributed by atoms with E-state index >= 15 is 0 Å². The number of carbonyl (C=O) groups is 2. The normalized spacial score (nSPS) is 26.8. The number of hydrogen-bond acceptors (Lipinski definition) is 8. The molecule has 0 aliphatic carbocycles. The van der Waals surface area contributed by atoms with Gasteiger partial charge in [-0.25, -0.2) is 4.68 Å².